The summed E-state index contributed by atoms with van der Waals surface area (Å²) in [7, 11) is 3.17. The number of carbonyl (C=O) groups is 1. The minimum atomic E-state index is -0.449. The molecule has 5 aromatic rings. The van der Waals surface area contributed by atoms with Gasteiger partial charge in [0.15, 0.2) is 23.0 Å². The zero-order valence-electron chi connectivity index (χ0n) is 20.5. The molecule has 0 saturated carbocycles. The molecule has 0 bridgehead atoms. The highest BCUT2D eigenvalue weighted by Gasteiger charge is 2.17. The highest BCUT2D eigenvalue weighted by atomic mass is 19.1. The smallest absolute Gasteiger partial charge is 0.254 e. The predicted octanol–water partition coefficient (Wildman–Crippen LogP) is 4.66. The minimum absolute atomic E-state index is 0.104. The molecular weight excluding hydrogens is 473 g/mol. The monoisotopic (exact) mass is 497 g/mol. The first-order chi connectivity index (χ1) is 17.9. The van der Waals surface area contributed by atoms with Gasteiger partial charge >= 0.3 is 0 Å². The first kappa shape index (κ1) is 23.9. The van der Waals surface area contributed by atoms with E-state index in [1.165, 1.54) is 19.5 Å². The van der Waals surface area contributed by atoms with E-state index in [4.69, 9.17) is 4.74 Å². The van der Waals surface area contributed by atoms with Gasteiger partial charge in [-0.25, -0.2) is 24.3 Å². The largest absolute Gasteiger partial charge is 0.494 e. The molecule has 1 amide bonds. The van der Waals surface area contributed by atoms with Crippen LogP contribution in [0.15, 0.2) is 73.6 Å². The number of rotatable bonds is 7. The molecule has 0 saturated heterocycles. The fraction of sp³-hybridized carbons (Fsp3) is 0.148. The number of imidazole rings is 1. The molecule has 0 spiro atoms. The van der Waals surface area contributed by atoms with Gasteiger partial charge in [0, 0.05) is 42.5 Å². The molecule has 37 heavy (non-hydrogen) atoms. The van der Waals surface area contributed by atoms with Crippen molar-refractivity contribution >= 4 is 23.1 Å². The number of amides is 1. The Labute approximate surface area is 212 Å². The van der Waals surface area contributed by atoms with Crippen molar-refractivity contribution in [3.05, 3.63) is 96.2 Å². The van der Waals surface area contributed by atoms with Crippen LogP contribution in [0.5, 0.6) is 5.75 Å². The van der Waals surface area contributed by atoms with Crippen molar-refractivity contribution in [1.29, 1.82) is 0 Å². The predicted molar refractivity (Wildman–Crippen MR) is 137 cm³/mol. The van der Waals surface area contributed by atoms with E-state index in [1.54, 1.807) is 61.0 Å². The highest BCUT2D eigenvalue weighted by molar-refractivity contribution is 5.96. The lowest BCUT2D eigenvalue weighted by atomic mass is 10.1. The van der Waals surface area contributed by atoms with Crippen LogP contribution in [0.25, 0.3) is 16.9 Å². The van der Waals surface area contributed by atoms with Crippen LogP contribution in [0.4, 0.5) is 15.9 Å². The Morgan fingerprint density at radius 1 is 1.11 bits per heavy atom. The van der Waals surface area contributed by atoms with E-state index in [9.17, 15) is 9.18 Å². The van der Waals surface area contributed by atoms with Crippen LogP contribution < -0.4 is 10.1 Å². The zero-order chi connectivity index (χ0) is 25.9. The van der Waals surface area contributed by atoms with E-state index >= 15 is 0 Å². The van der Waals surface area contributed by atoms with Crippen molar-refractivity contribution in [2.75, 3.05) is 19.5 Å². The average Bonchev–Trinajstić information content (AvgIpc) is 3.34. The second-order valence-electron chi connectivity index (χ2n) is 8.48. The highest BCUT2D eigenvalue weighted by Crippen LogP contribution is 2.29. The van der Waals surface area contributed by atoms with Crippen LogP contribution in [0.2, 0.25) is 0 Å². The SMILES string of the molecule is COc1ccc(-c2cnc3c(Nc4ccc(C(=O)N(C)Cc5ccncn5)c(C)c4)nccn23)cc1F. The van der Waals surface area contributed by atoms with Gasteiger partial charge in [-0.05, 0) is 55.0 Å². The summed E-state index contributed by atoms with van der Waals surface area (Å²) in [6.45, 7) is 2.27. The second kappa shape index (κ2) is 10.0. The molecule has 3 aromatic heterocycles. The standard InChI is InChI=1S/C27H24FN7O2/c1-17-12-19(5-6-21(17)27(36)34(2)15-20-8-9-29-16-32-20)33-25-26-31-14-23(35(26)11-10-30-25)18-4-7-24(37-3)22(28)13-18/h4-14,16H,15H2,1-3H3,(H,30,33). The molecule has 0 aliphatic rings. The molecule has 186 valence electrons. The van der Waals surface area contributed by atoms with Crippen LogP contribution in [-0.2, 0) is 6.54 Å². The van der Waals surface area contributed by atoms with Gasteiger partial charge in [-0.15, -0.1) is 0 Å². The second-order valence-corrected chi connectivity index (χ2v) is 8.48. The molecule has 10 heteroatoms. The normalized spacial score (nSPS) is 10.9. The number of aromatic nitrogens is 5. The van der Waals surface area contributed by atoms with E-state index in [2.05, 4.69) is 25.3 Å². The maximum atomic E-state index is 14.3. The molecule has 0 aliphatic heterocycles. The first-order valence-corrected chi connectivity index (χ1v) is 11.5. The minimum Gasteiger partial charge on any atom is -0.494 e. The van der Waals surface area contributed by atoms with Crippen LogP contribution >= 0.6 is 0 Å². The molecule has 0 aliphatic carbocycles. The van der Waals surface area contributed by atoms with Crippen LogP contribution in [0.3, 0.4) is 0 Å². The third-order valence-electron chi connectivity index (χ3n) is 5.98. The maximum absolute atomic E-state index is 14.3. The van der Waals surface area contributed by atoms with E-state index in [0.717, 1.165) is 16.9 Å². The quantitative estimate of drug-likeness (QED) is 0.349. The first-order valence-electron chi connectivity index (χ1n) is 11.5. The summed E-state index contributed by atoms with van der Waals surface area (Å²) < 4.78 is 21.1. The third-order valence-corrected chi connectivity index (χ3v) is 5.98. The van der Waals surface area contributed by atoms with Gasteiger partial charge in [-0.2, -0.15) is 0 Å². The number of carbonyl (C=O) groups excluding carboxylic acids is 1. The number of ether oxygens (including phenoxy) is 1. The fourth-order valence-electron chi connectivity index (χ4n) is 4.10. The Kier molecular flexibility index (Phi) is 6.46. The lowest BCUT2D eigenvalue weighted by Gasteiger charge is -2.18. The molecule has 0 radical (unpaired) electrons. The van der Waals surface area contributed by atoms with E-state index in [0.29, 0.717) is 34.8 Å². The summed E-state index contributed by atoms with van der Waals surface area (Å²) in [6, 6.07) is 12.1. The number of methoxy groups -OCH3 is 1. The lowest BCUT2D eigenvalue weighted by Crippen LogP contribution is -2.27. The van der Waals surface area contributed by atoms with E-state index in [-0.39, 0.29) is 11.7 Å². The molecule has 9 nitrogen and oxygen atoms in total. The molecule has 3 heterocycles. The van der Waals surface area contributed by atoms with Crippen molar-refractivity contribution in [2.45, 2.75) is 13.5 Å². The average molecular weight is 498 g/mol. The summed E-state index contributed by atoms with van der Waals surface area (Å²) in [5.74, 6) is 0.156. The summed E-state index contributed by atoms with van der Waals surface area (Å²) >= 11 is 0. The summed E-state index contributed by atoms with van der Waals surface area (Å²) in [5.41, 5.74) is 4.88. The number of halogens is 1. The van der Waals surface area contributed by atoms with Crippen molar-refractivity contribution < 1.29 is 13.9 Å². The fourth-order valence-corrected chi connectivity index (χ4v) is 4.10. The Morgan fingerprint density at radius 3 is 2.70 bits per heavy atom. The van der Waals surface area contributed by atoms with Gasteiger partial charge in [0.05, 0.1) is 31.2 Å². The van der Waals surface area contributed by atoms with Gasteiger partial charge in [-0.1, -0.05) is 0 Å². The van der Waals surface area contributed by atoms with E-state index < -0.39 is 5.82 Å². The van der Waals surface area contributed by atoms with E-state index in [1.807, 2.05) is 23.5 Å². The zero-order valence-corrected chi connectivity index (χ0v) is 20.5. The van der Waals surface area contributed by atoms with Gasteiger partial charge in [0.2, 0.25) is 0 Å². The number of hydrogen-bond donors (Lipinski definition) is 1. The lowest BCUT2D eigenvalue weighted by molar-refractivity contribution is 0.0782. The van der Waals surface area contributed by atoms with Crippen molar-refractivity contribution in [2.24, 2.45) is 0 Å². The Balaban J connectivity index is 1.38. The number of nitrogens with zero attached hydrogens (tertiary/aromatic N) is 6. The molecule has 0 fully saturated rings. The molecule has 0 atom stereocenters. The number of benzene rings is 2. The van der Waals surface area contributed by atoms with Crippen LogP contribution in [0.1, 0.15) is 21.6 Å². The van der Waals surface area contributed by atoms with Crippen LogP contribution in [-0.4, -0.2) is 49.3 Å². The topological polar surface area (TPSA) is 97.5 Å². The summed E-state index contributed by atoms with van der Waals surface area (Å²) in [6.07, 6.45) is 8.20. The van der Waals surface area contributed by atoms with Crippen LogP contribution in [0, 0.1) is 12.7 Å². The molecule has 1 N–H and O–H groups in total. The van der Waals surface area contributed by atoms with Gasteiger partial charge < -0.3 is 15.0 Å². The number of aryl methyl sites for hydroxylation is 1. The molecule has 2 aromatic carbocycles. The Bertz CT molecular complexity index is 1590. The number of nitrogens with one attached hydrogen (secondary N) is 1. The van der Waals surface area contributed by atoms with Crippen molar-refractivity contribution in [3.8, 4) is 17.0 Å². The Morgan fingerprint density at radius 2 is 1.97 bits per heavy atom. The number of fused-ring (bicyclic) bond motifs is 1. The molecular formula is C27H24FN7O2. The van der Waals surface area contributed by atoms with Gasteiger partial charge in [0.25, 0.3) is 5.91 Å². The van der Waals surface area contributed by atoms with Gasteiger partial charge in [-0.3, -0.25) is 9.20 Å². The Hall–Kier alpha value is -4.86. The maximum Gasteiger partial charge on any atom is 0.254 e. The van der Waals surface area contributed by atoms with Gasteiger partial charge in [0.1, 0.15) is 6.33 Å². The molecule has 0 unspecified atom stereocenters. The molecule has 5 rings (SSSR count). The summed E-state index contributed by atoms with van der Waals surface area (Å²) in [4.78, 5) is 31.7. The van der Waals surface area contributed by atoms with Crippen molar-refractivity contribution in [3.63, 3.8) is 0 Å². The van der Waals surface area contributed by atoms with Crippen molar-refractivity contribution in [1.82, 2.24) is 29.2 Å². The third kappa shape index (κ3) is 4.81. The number of hydrogen-bond acceptors (Lipinski definition) is 7. The summed E-state index contributed by atoms with van der Waals surface area (Å²) in [5, 5.41) is 3.29. The number of anilines is 2.